The third-order valence-corrected chi connectivity index (χ3v) is 3.91. The van der Waals surface area contributed by atoms with Crippen LogP contribution >= 0.6 is 0 Å². The summed E-state index contributed by atoms with van der Waals surface area (Å²) in [6.07, 6.45) is 0.101. The number of amides is 1. The Hall–Kier alpha value is -3.41. The molecule has 0 aliphatic carbocycles. The fourth-order valence-electron chi connectivity index (χ4n) is 2.64. The summed E-state index contributed by atoms with van der Waals surface area (Å²) in [5, 5.41) is 7.49. The lowest BCUT2D eigenvalue weighted by Gasteiger charge is -2.08. The maximum atomic E-state index is 12.3. The topological polar surface area (TPSA) is 73.2 Å². The van der Waals surface area contributed by atoms with E-state index >= 15 is 0 Å². The maximum Gasteiger partial charge on any atom is 0.306 e. The predicted molar refractivity (Wildman–Crippen MR) is 103 cm³/mol. The maximum absolute atomic E-state index is 12.3. The van der Waals surface area contributed by atoms with Crippen LogP contribution in [0.15, 0.2) is 66.7 Å². The fourth-order valence-corrected chi connectivity index (χ4v) is 2.64. The largest absolute Gasteiger partial charge is 0.466 e. The standard InChI is InChI=1S/C21H21N3O3/c1-2-27-21(26)14-13-20(25)22-19-15-18(16-9-5-3-6-10-16)23-24(19)17-11-7-4-8-12-17/h3-12,15H,2,13-14H2,1H3,(H,22,25). The molecule has 3 rings (SSSR count). The van der Waals surface area contributed by atoms with Crippen LogP contribution in [0.5, 0.6) is 0 Å². The summed E-state index contributed by atoms with van der Waals surface area (Å²) < 4.78 is 6.55. The van der Waals surface area contributed by atoms with Gasteiger partial charge in [-0.3, -0.25) is 9.59 Å². The molecule has 6 nitrogen and oxygen atoms in total. The molecule has 0 unspecified atom stereocenters. The van der Waals surface area contributed by atoms with E-state index in [4.69, 9.17) is 4.74 Å². The lowest BCUT2D eigenvalue weighted by molar-refractivity contribution is -0.144. The number of anilines is 1. The molecule has 0 radical (unpaired) electrons. The van der Waals surface area contributed by atoms with Crippen molar-refractivity contribution in [2.75, 3.05) is 11.9 Å². The first-order chi connectivity index (χ1) is 13.2. The molecular weight excluding hydrogens is 342 g/mol. The van der Waals surface area contributed by atoms with Crippen molar-refractivity contribution < 1.29 is 14.3 Å². The number of benzene rings is 2. The van der Waals surface area contributed by atoms with Crippen molar-refractivity contribution in [2.45, 2.75) is 19.8 Å². The lowest BCUT2D eigenvalue weighted by atomic mass is 10.1. The number of esters is 1. The van der Waals surface area contributed by atoms with Crippen LogP contribution in [0.2, 0.25) is 0 Å². The van der Waals surface area contributed by atoms with Gasteiger partial charge in [-0.05, 0) is 19.1 Å². The Bertz CT molecular complexity index is 905. The third kappa shape index (κ3) is 4.82. The van der Waals surface area contributed by atoms with Gasteiger partial charge >= 0.3 is 5.97 Å². The van der Waals surface area contributed by atoms with Crippen molar-refractivity contribution in [3.63, 3.8) is 0 Å². The number of ether oxygens (including phenoxy) is 1. The van der Waals surface area contributed by atoms with Crippen molar-refractivity contribution >= 4 is 17.7 Å². The van der Waals surface area contributed by atoms with Crippen molar-refractivity contribution in [2.24, 2.45) is 0 Å². The van der Waals surface area contributed by atoms with Gasteiger partial charge in [-0.25, -0.2) is 4.68 Å². The van der Waals surface area contributed by atoms with Crippen molar-refractivity contribution in [1.29, 1.82) is 0 Å². The Morgan fingerprint density at radius 3 is 2.33 bits per heavy atom. The molecule has 0 fully saturated rings. The quantitative estimate of drug-likeness (QED) is 0.648. The number of hydrogen-bond donors (Lipinski definition) is 1. The van der Waals surface area contributed by atoms with Crippen molar-refractivity contribution in [1.82, 2.24) is 9.78 Å². The monoisotopic (exact) mass is 363 g/mol. The van der Waals surface area contributed by atoms with Crippen LogP contribution in [0.3, 0.4) is 0 Å². The molecule has 0 saturated carbocycles. The summed E-state index contributed by atoms with van der Waals surface area (Å²) in [5.74, 6) is -0.0946. The van der Waals surface area contributed by atoms with E-state index in [1.54, 1.807) is 11.6 Å². The van der Waals surface area contributed by atoms with Crippen molar-refractivity contribution in [3.8, 4) is 16.9 Å². The van der Waals surface area contributed by atoms with E-state index in [2.05, 4.69) is 10.4 Å². The molecule has 6 heteroatoms. The first-order valence-corrected chi connectivity index (χ1v) is 8.83. The second-order valence-corrected chi connectivity index (χ2v) is 5.88. The van der Waals surface area contributed by atoms with Crippen LogP contribution in [-0.2, 0) is 14.3 Å². The van der Waals surface area contributed by atoms with Gasteiger partial charge in [-0.1, -0.05) is 48.5 Å². The first-order valence-electron chi connectivity index (χ1n) is 8.83. The molecule has 138 valence electrons. The van der Waals surface area contributed by atoms with E-state index in [0.717, 1.165) is 16.9 Å². The van der Waals surface area contributed by atoms with E-state index in [1.165, 1.54) is 0 Å². The second kappa shape index (κ2) is 8.80. The van der Waals surface area contributed by atoms with Gasteiger partial charge in [0.15, 0.2) is 0 Å². The van der Waals surface area contributed by atoms with E-state index in [9.17, 15) is 9.59 Å². The smallest absolute Gasteiger partial charge is 0.306 e. The highest BCUT2D eigenvalue weighted by molar-refractivity contribution is 5.92. The minimum atomic E-state index is -0.380. The molecule has 2 aromatic carbocycles. The predicted octanol–water partition coefficient (Wildman–Crippen LogP) is 3.82. The summed E-state index contributed by atoms with van der Waals surface area (Å²) in [7, 11) is 0. The van der Waals surface area contributed by atoms with E-state index < -0.39 is 0 Å². The van der Waals surface area contributed by atoms with Crippen LogP contribution < -0.4 is 5.32 Å². The summed E-state index contributed by atoms with van der Waals surface area (Å²) in [6.45, 7) is 2.04. The van der Waals surface area contributed by atoms with Gasteiger partial charge in [0, 0.05) is 18.1 Å². The molecule has 1 aromatic heterocycles. The molecular formula is C21H21N3O3. The Morgan fingerprint density at radius 2 is 1.67 bits per heavy atom. The highest BCUT2D eigenvalue weighted by Gasteiger charge is 2.14. The number of para-hydroxylation sites is 1. The van der Waals surface area contributed by atoms with Gasteiger partial charge in [-0.2, -0.15) is 5.10 Å². The zero-order valence-electron chi connectivity index (χ0n) is 15.1. The molecule has 1 amide bonds. The molecule has 3 aromatic rings. The summed E-state index contributed by atoms with van der Waals surface area (Å²) in [6, 6.07) is 21.1. The number of nitrogens with one attached hydrogen (secondary N) is 1. The summed E-state index contributed by atoms with van der Waals surface area (Å²) >= 11 is 0. The fraction of sp³-hybridized carbons (Fsp3) is 0.190. The SMILES string of the molecule is CCOC(=O)CCC(=O)Nc1cc(-c2ccccc2)nn1-c1ccccc1. The number of rotatable bonds is 7. The second-order valence-electron chi connectivity index (χ2n) is 5.88. The average Bonchev–Trinajstić information content (AvgIpc) is 3.12. The zero-order valence-corrected chi connectivity index (χ0v) is 15.1. The van der Waals surface area contributed by atoms with E-state index in [1.807, 2.05) is 66.7 Å². The number of nitrogens with zero attached hydrogens (tertiary/aromatic N) is 2. The summed E-state index contributed by atoms with van der Waals surface area (Å²) in [4.78, 5) is 23.7. The Kier molecular flexibility index (Phi) is 5.99. The van der Waals surface area contributed by atoms with Crippen LogP contribution in [0, 0.1) is 0 Å². The van der Waals surface area contributed by atoms with Crippen LogP contribution in [0.4, 0.5) is 5.82 Å². The Morgan fingerprint density at radius 1 is 1.00 bits per heavy atom. The number of carbonyl (C=O) groups excluding carboxylic acids is 2. The minimum Gasteiger partial charge on any atom is -0.466 e. The molecule has 0 spiro atoms. The zero-order chi connectivity index (χ0) is 19.1. The molecule has 0 bridgehead atoms. The average molecular weight is 363 g/mol. The van der Waals surface area contributed by atoms with Crippen LogP contribution in [-0.4, -0.2) is 28.3 Å². The molecule has 0 aliphatic heterocycles. The molecule has 27 heavy (non-hydrogen) atoms. The lowest BCUT2D eigenvalue weighted by Crippen LogP contribution is -2.16. The van der Waals surface area contributed by atoms with E-state index in [-0.39, 0.29) is 24.7 Å². The molecule has 0 aliphatic rings. The Balaban J connectivity index is 1.83. The van der Waals surface area contributed by atoms with Gasteiger partial charge in [0.1, 0.15) is 5.82 Å². The van der Waals surface area contributed by atoms with Crippen LogP contribution in [0.1, 0.15) is 19.8 Å². The normalized spacial score (nSPS) is 10.4. The van der Waals surface area contributed by atoms with Crippen LogP contribution in [0.25, 0.3) is 16.9 Å². The van der Waals surface area contributed by atoms with Gasteiger partial charge in [0.2, 0.25) is 5.91 Å². The van der Waals surface area contributed by atoms with Gasteiger partial charge < -0.3 is 10.1 Å². The van der Waals surface area contributed by atoms with Gasteiger partial charge in [-0.15, -0.1) is 0 Å². The Labute approximate surface area is 157 Å². The molecule has 0 atom stereocenters. The highest BCUT2D eigenvalue weighted by atomic mass is 16.5. The number of carbonyl (C=O) groups is 2. The van der Waals surface area contributed by atoms with Gasteiger partial charge in [0.05, 0.1) is 24.4 Å². The molecule has 1 heterocycles. The summed E-state index contributed by atoms with van der Waals surface area (Å²) in [5.41, 5.74) is 2.54. The highest BCUT2D eigenvalue weighted by Crippen LogP contribution is 2.24. The number of aromatic nitrogens is 2. The number of hydrogen-bond acceptors (Lipinski definition) is 4. The minimum absolute atomic E-state index is 0.0463. The van der Waals surface area contributed by atoms with Gasteiger partial charge in [0.25, 0.3) is 0 Å². The van der Waals surface area contributed by atoms with Crippen molar-refractivity contribution in [3.05, 3.63) is 66.7 Å². The van der Waals surface area contributed by atoms with E-state index in [0.29, 0.717) is 12.4 Å². The molecule has 0 saturated heterocycles. The molecule has 1 N–H and O–H groups in total. The first kappa shape index (κ1) is 18.4. The third-order valence-electron chi connectivity index (χ3n) is 3.91.